The minimum atomic E-state index is -5.01. The molecule has 0 radical (unpaired) electrons. The quantitative estimate of drug-likeness (QED) is 0.354. The normalized spacial score (nSPS) is 23.7. The van der Waals surface area contributed by atoms with Gasteiger partial charge < -0.3 is 14.4 Å². The molecule has 15 heavy (non-hydrogen) atoms. The Bertz CT molecular complexity index is 302. The Kier molecular flexibility index (Phi) is 4.01. The number of hydroxylamine groups is 1. The van der Waals surface area contributed by atoms with Gasteiger partial charge in [-0.1, -0.05) is 3.89 Å². The monoisotopic (exact) mass is 243 g/mol. The highest BCUT2D eigenvalue weighted by atomic mass is 32.3. The maximum Gasteiger partial charge on any atom is 0.472 e. The van der Waals surface area contributed by atoms with Crippen LogP contribution in [0, 0.1) is 5.21 Å². The second-order valence-corrected chi connectivity index (χ2v) is 5.29. The van der Waals surface area contributed by atoms with Crippen molar-refractivity contribution < 1.29 is 26.0 Å². The Labute approximate surface area is 88.7 Å². The zero-order valence-corrected chi connectivity index (χ0v) is 9.43. The molecule has 0 aromatic heterocycles. The maximum atomic E-state index is 12.3. The molecule has 1 atom stereocenters. The SMILES string of the molecule is C[N+]1(CC[NH+]([O-])S(=O)(=O)F)CCOCC1. The van der Waals surface area contributed by atoms with Crippen molar-refractivity contribution in [1.82, 2.24) is 0 Å². The average molecular weight is 243 g/mol. The van der Waals surface area contributed by atoms with Gasteiger partial charge in [0.05, 0.1) is 20.3 Å². The minimum Gasteiger partial charge on any atom is -0.616 e. The summed E-state index contributed by atoms with van der Waals surface area (Å²) in [7, 11) is -3.11. The maximum absolute atomic E-state index is 12.3. The molecule has 6 nitrogen and oxygen atoms in total. The van der Waals surface area contributed by atoms with Crippen molar-refractivity contribution >= 4 is 10.4 Å². The van der Waals surface area contributed by atoms with E-state index in [9.17, 15) is 17.5 Å². The zero-order chi connectivity index (χ0) is 11.5. The fourth-order valence-electron chi connectivity index (χ4n) is 1.49. The van der Waals surface area contributed by atoms with E-state index in [4.69, 9.17) is 4.74 Å². The fourth-order valence-corrected chi connectivity index (χ4v) is 1.83. The van der Waals surface area contributed by atoms with E-state index in [0.29, 0.717) is 24.2 Å². The molecule has 0 amide bonds. The average Bonchev–Trinajstić information content (AvgIpc) is 2.14. The van der Waals surface area contributed by atoms with Crippen LogP contribution in [0.15, 0.2) is 0 Å². The van der Waals surface area contributed by atoms with Crippen LogP contribution in [-0.4, -0.2) is 59.3 Å². The highest BCUT2D eigenvalue weighted by molar-refractivity contribution is 7.79. The van der Waals surface area contributed by atoms with E-state index in [2.05, 4.69) is 0 Å². The molecular formula is C7H16FN2O4S+. The van der Waals surface area contributed by atoms with Crippen molar-refractivity contribution in [2.24, 2.45) is 0 Å². The van der Waals surface area contributed by atoms with E-state index in [-0.39, 0.29) is 6.54 Å². The molecule has 1 heterocycles. The predicted octanol–water partition coefficient (Wildman–Crippen LogP) is -1.94. The van der Waals surface area contributed by atoms with Crippen LogP contribution >= 0.6 is 0 Å². The second kappa shape index (κ2) is 4.71. The summed E-state index contributed by atoms with van der Waals surface area (Å²) in [6.45, 7) is 2.69. The lowest BCUT2D eigenvalue weighted by atomic mass is 10.3. The molecule has 0 aliphatic carbocycles. The number of ether oxygens (including phenoxy) is 1. The molecule has 1 saturated heterocycles. The lowest BCUT2D eigenvalue weighted by Crippen LogP contribution is -3.09. The van der Waals surface area contributed by atoms with E-state index in [1.54, 1.807) is 0 Å². The number of morpholine rings is 1. The summed E-state index contributed by atoms with van der Waals surface area (Å²) in [5.74, 6) is 0. The van der Waals surface area contributed by atoms with Crippen LogP contribution in [0.1, 0.15) is 0 Å². The number of likely N-dealkylation sites (N-methyl/N-ethyl adjacent to an activating group) is 1. The molecule has 1 aliphatic heterocycles. The third-order valence-electron chi connectivity index (χ3n) is 2.68. The Morgan fingerprint density at radius 2 is 2.00 bits per heavy atom. The van der Waals surface area contributed by atoms with Crippen LogP contribution in [0.2, 0.25) is 0 Å². The summed E-state index contributed by atoms with van der Waals surface area (Å²) in [6, 6.07) is 0. The molecule has 1 fully saturated rings. The molecule has 0 aromatic carbocycles. The van der Waals surface area contributed by atoms with Gasteiger partial charge in [-0.05, 0) is 0 Å². The molecular weight excluding hydrogens is 227 g/mol. The minimum absolute atomic E-state index is 0.269. The van der Waals surface area contributed by atoms with Crippen molar-refractivity contribution in [1.29, 1.82) is 0 Å². The van der Waals surface area contributed by atoms with Gasteiger partial charge in [-0.15, -0.1) is 8.42 Å². The summed E-state index contributed by atoms with van der Waals surface area (Å²) in [5.41, 5.74) is 0. The van der Waals surface area contributed by atoms with Gasteiger partial charge in [-0.2, -0.15) is 0 Å². The lowest BCUT2D eigenvalue weighted by molar-refractivity contribution is -0.930. The van der Waals surface area contributed by atoms with E-state index in [1.807, 2.05) is 7.05 Å². The number of quaternary nitrogens is 2. The molecule has 1 aliphatic rings. The standard InChI is InChI=1S/C7H16FN2O4S/c1-10(4-6-14-7-5-10)3-2-9(11)15(8,12)13/h9H,2-7H2,1H3/q+1. The van der Waals surface area contributed by atoms with Gasteiger partial charge in [0.2, 0.25) is 0 Å². The van der Waals surface area contributed by atoms with Gasteiger partial charge in [-0.3, -0.25) is 0 Å². The first kappa shape index (κ1) is 12.8. The van der Waals surface area contributed by atoms with Crippen LogP contribution in [0.3, 0.4) is 0 Å². The Morgan fingerprint density at radius 1 is 1.47 bits per heavy atom. The van der Waals surface area contributed by atoms with Gasteiger partial charge in [0.1, 0.15) is 26.2 Å². The fraction of sp³-hybridized carbons (Fsp3) is 1.00. The van der Waals surface area contributed by atoms with E-state index >= 15 is 0 Å². The highest BCUT2D eigenvalue weighted by Crippen LogP contribution is 2.05. The van der Waals surface area contributed by atoms with Crippen molar-refractivity contribution in [3.63, 3.8) is 0 Å². The number of nitrogens with one attached hydrogen (secondary N) is 1. The smallest absolute Gasteiger partial charge is 0.472 e. The van der Waals surface area contributed by atoms with Crippen LogP contribution in [0.5, 0.6) is 0 Å². The molecule has 1 rings (SSSR count). The van der Waals surface area contributed by atoms with E-state index in [0.717, 1.165) is 13.1 Å². The number of rotatable bonds is 4. The number of hydrogen-bond acceptors (Lipinski definition) is 4. The zero-order valence-electron chi connectivity index (χ0n) is 8.61. The van der Waals surface area contributed by atoms with Crippen LogP contribution in [0.25, 0.3) is 0 Å². The van der Waals surface area contributed by atoms with Gasteiger partial charge in [-0.25, -0.2) is 4.47 Å². The summed E-state index contributed by atoms with van der Waals surface area (Å²) in [5, 5.41) is 10.8. The predicted molar refractivity (Wildman–Crippen MR) is 50.8 cm³/mol. The van der Waals surface area contributed by atoms with Crippen LogP contribution in [0.4, 0.5) is 3.89 Å². The Morgan fingerprint density at radius 3 is 2.47 bits per heavy atom. The summed E-state index contributed by atoms with van der Waals surface area (Å²) >= 11 is 0. The number of nitrogens with zero attached hydrogens (tertiary/aromatic N) is 1. The summed E-state index contributed by atoms with van der Waals surface area (Å²) in [6.07, 6.45) is 0. The Hall–Kier alpha value is -0.280. The molecule has 0 bridgehead atoms. The third-order valence-corrected chi connectivity index (χ3v) is 3.43. The summed E-state index contributed by atoms with van der Waals surface area (Å²) < 4.78 is 37.2. The third kappa shape index (κ3) is 3.99. The van der Waals surface area contributed by atoms with Gasteiger partial charge in [0.25, 0.3) is 0 Å². The van der Waals surface area contributed by atoms with Crippen molar-refractivity contribution in [3.8, 4) is 0 Å². The number of halogens is 1. The molecule has 1 N–H and O–H groups in total. The van der Waals surface area contributed by atoms with Crippen LogP contribution in [-0.2, 0) is 15.1 Å². The first-order valence-corrected chi connectivity index (χ1v) is 6.11. The highest BCUT2D eigenvalue weighted by Gasteiger charge is 2.28. The number of hydrogen-bond donors (Lipinski definition) is 1. The van der Waals surface area contributed by atoms with Gasteiger partial charge in [0, 0.05) is 0 Å². The van der Waals surface area contributed by atoms with Crippen molar-refractivity contribution in [2.75, 3.05) is 46.4 Å². The second-order valence-electron chi connectivity index (χ2n) is 3.96. The molecule has 90 valence electrons. The first-order chi connectivity index (χ1) is 6.83. The molecule has 0 saturated carbocycles. The Balaban J connectivity index is 2.42. The van der Waals surface area contributed by atoms with Gasteiger partial charge in [0.15, 0.2) is 0 Å². The van der Waals surface area contributed by atoms with Gasteiger partial charge >= 0.3 is 10.4 Å². The van der Waals surface area contributed by atoms with Crippen LogP contribution < -0.4 is 4.47 Å². The molecule has 0 aromatic rings. The first-order valence-electron chi connectivity index (χ1n) is 4.72. The molecule has 8 heteroatoms. The molecule has 0 spiro atoms. The van der Waals surface area contributed by atoms with E-state index < -0.39 is 14.9 Å². The largest absolute Gasteiger partial charge is 0.616 e. The summed E-state index contributed by atoms with van der Waals surface area (Å²) in [4.78, 5) is 0. The topological polar surface area (TPSA) is 70.9 Å². The lowest BCUT2D eigenvalue weighted by Gasteiger charge is -2.37. The van der Waals surface area contributed by atoms with E-state index in [1.165, 1.54) is 0 Å². The van der Waals surface area contributed by atoms with Crippen molar-refractivity contribution in [2.45, 2.75) is 0 Å². The molecule has 1 unspecified atom stereocenters. The van der Waals surface area contributed by atoms with Crippen molar-refractivity contribution in [3.05, 3.63) is 5.21 Å².